The Morgan fingerprint density at radius 3 is 3.00 bits per heavy atom. The summed E-state index contributed by atoms with van der Waals surface area (Å²) in [7, 11) is 1.72. The Hall–Kier alpha value is -0.970. The molecule has 0 aliphatic rings. The largest absolute Gasteiger partial charge is 0.248 e. The van der Waals surface area contributed by atoms with Gasteiger partial charge in [0.2, 0.25) is 0 Å². The van der Waals surface area contributed by atoms with Crippen molar-refractivity contribution in [1.29, 1.82) is 0 Å². The topological polar surface area (TPSA) is 30.7 Å². The fraction of sp³-hybridized carbons (Fsp3) is 0.143. The van der Waals surface area contributed by atoms with Crippen LogP contribution in [0.1, 0.15) is 0 Å². The minimum absolute atomic E-state index is 0.298. The predicted octanol–water partition coefficient (Wildman–Crippen LogP) is 1.87. The number of aryl methyl sites for hydroxylation is 1. The lowest BCUT2D eigenvalue weighted by molar-refractivity contribution is 0.629. The van der Waals surface area contributed by atoms with Crippen molar-refractivity contribution >= 4 is 27.0 Å². The summed E-state index contributed by atoms with van der Waals surface area (Å²) < 4.78 is 15.2. The van der Waals surface area contributed by atoms with E-state index in [0.717, 1.165) is 0 Å². The number of hydrogen-bond acceptors (Lipinski definition) is 2. The van der Waals surface area contributed by atoms with Gasteiger partial charge >= 0.3 is 0 Å². The van der Waals surface area contributed by atoms with E-state index in [1.165, 1.54) is 4.68 Å². The Kier molecular flexibility index (Phi) is 1.61. The molecule has 0 saturated heterocycles. The molecule has 0 atom stereocenters. The maximum atomic E-state index is 13.2. The zero-order valence-corrected chi connectivity index (χ0v) is 7.84. The van der Waals surface area contributed by atoms with E-state index in [9.17, 15) is 4.39 Å². The lowest BCUT2D eigenvalue weighted by atomic mass is 10.3. The summed E-state index contributed by atoms with van der Waals surface area (Å²) in [5.74, 6) is -0.361. The van der Waals surface area contributed by atoms with E-state index >= 15 is 0 Å². The fourth-order valence-corrected chi connectivity index (χ4v) is 1.37. The highest BCUT2D eigenvalue weighted by atomic mass is 79.9. The van der Waals surface area contributed by atoms with Crippen molar-refractivity contribution in [2.75, 3.05) is 0 Å². The third-order valence-corrected chi connectivity index (χ3v) is 2.29. The minimum Gasteiger partial charge on any atom is -0.248 e. The van der Waals surface area contributed by atoms with Crippen molar-refractivity contribution in [3.05, 3.63) is 22.4 Å². The monoisotopic (exact) mass is 229 g/mol. The molecule has 62 valence electrons. The number of halogens is 2. The number of rotatable bonds is 0. The van der Waals surface area contributed by atoms with E-state index < -0.39 is 0 Å². The Morgan fingerprint density at radius 1 is 1.50 bits per heavy atom. The first kappa shape index (κ1) is 7.67. The molecule has 5 heteroatoms. The molecule has 12 heavy (non-hydrogen) atoms. The maximum Gasteiger partial charge on any atom is 0.167 e. The van der Waals surface area contributed by atoms with Gasteiger partial charge in [-0.15, -0.1) is 5.10 Å². The van der Waals surface area contributed by atoms with E-state index in [0.29, 0.717) is 15.5 Å². The summed E-state index contributed by atoms with van der Waals surface area (Å²) in [6, 6.07) is 3.41. The van der Waals surface area contributed by atoms with Crippen molar-refractivity contribution in [1.82, 2.24) is 15.0 Å². The van der Waals surface area contributed by atoms with Gasteiger partial charge in [-0.2, -0.15) is 0 Å². The van der Waals surface area contributed by atoms with Gasteiger partial charge in [-0.1, -0.05) is 5.21 Å². The predicted molar refractivity (Wildman–Crippen MR) is 46.2 cm³/mol. The van der Waals surface area contributed by atoms with Crippen molar-refractivity contribution in [3.63, 3.8) is 0 Å². The van der Waals surface area contributed by atoms with Crippen molar-refractivity contribution in [2.45, 2.75) is 0 Å². The molecule has 0 N–H and O–H groups in total. The van der Waals surface area contributed by atoms with Gasteiger partial charge in [0.05, 0.1) is 9.99 Å². The van der Waals surface area contributed by atoms with E-state index in [1.807, 2.05) is 0 Å². The second-order valence-corrected chi connectivity index (χ2v) is 3.30. The van der Waals surface area contributed by atoms with Crippen molar-refractivity contribution < 1.29 is 4.39 Å². The number of benzene rings is 1. The fourth-order valence-electron chi connectivity index (χ4n) is 1.05. The van der Waals surface area contributed by atoms with Gasteiger partial charge in [-0.3, -0.25) is 0 Å². The van der Waals surface area contributed by atoms with Gasteiger partial charge in [0, 0.05) is 7.05 Å². The first-order valence-electron chi connectivity index (χ1n) is 3.33. The number of aromatic nitrogens is 3. The standard InChI is InChI=1S/C7H5BrFN3/c1-12-5-3-2-4(8)6(9)7(5)10-11-12/h2-3H,1H3. The number of nitrogens with zero attached hydrogens (tertiary/aromatic N) is 3. The second kappa shape index (κ2) is 2.52. The van der Waals surface area contributed by atoms with E-state index in [-0.39, 0.29) is 5.82 Å². The molecule has 0 saturated carbocycles. The molecule has 1 aromatic carbocycles. The zero-order valence-electron chi connectivity index (χ0n) is 6.25. The molecular weight excluding hydrogens is 225 g/mol. The average Bonchev–Trinajstić information content (AvgIpc) is 2.41. The highest BCUT2D eigenvalue weighted by molar-refractivity contribution is 9.10. The lowest BCUT2D eigenvalue weighted by Gasteiger charge is -1.94. The van der Waals surface area contributed by atoms with Crippen LogP contribution in [0.2, 0.25) is 0 Å². The van der Waals surface area contributed by atoms with Gasteiger partial charge in [0.25, 0.3) is 0 Å². The second-order valence-electron chi connectivity index (χ2n) is 2.44. The third kappa shape index (κ3) is 0.929. The van der Waals surface area contributed by atoms with Gasteiger partial charge in [-0.05, 0) is 28.1 Å². The molecule has 0 aliphatic carbocycles. The smallest absolute Gasteiger partial charge is 0.167 e. The third-order valence-electron chi connectivity index (χ3n) is 1.68. The molecule has 0 radical (unpaired) electrons. The van der Waals surface area contributed by atoms with Crippen molar-refractivity contribution in [2.24, 2.45) is 7.05 Å². The molecule has 0 amide bonds. The molecule has 1 heterocycles. The molecule has 0 aliphatic heterocycles. The van der Waals surface area contributed by atoms with Crippen LogP contribution in [-0.4, -0.2) is 15.0 Å². The van der Waals surface area contributed by atoms with Crippen LogP contribution in [0.25, 0.3) is 11.0 Å². The molecule has 0 unspecified atom stereocenters. The van der Waals surface area contributed by atoms with Gasteiger partial charge in [0.15, 0.2) is 5.82 Å². The lowest BCUT2D eigenvalue weighted by Crippen LogP contribution is -1.89. The highest BCUT2D eigenvalue weighted by Crippen LogP contribution is 2.22. The summed E-state index contributed by atoms with van der Waals surface area (Å²) in [5, 5.41) is 7.39. The van der Waals surface area contributed by atoms with E-state index in [2.05, 4.69) is 26.2 Å². The molecule has 0 spiro atoms. The first-order valence-corrected chi connectivity index (χ1v) is 4.13. The maximum absolute atomic E-state index is 13.2. The van der Waals surface area contributed by atoms with E-state index in [1.54, 1.807) is 19.2 Å². The Bertz CT molecular complexity index is 437. The molecule has 3 nitrogen and oxygen atoms in total. The van der Waals surface area contributed by atoms with Crippen molar-refractivity contribution in [3.8, 4) is 0 Å². The first-order chi connectivity index (χ1) is 5.70. The molecular formula is C7H5BrFN3. The van der Waals surface area contributed by atoms with Crippen LogP contribution >= 0.6 is 15.9 Å². The molecule has 1 aromatic heterocycles. The SMILES string of the molecule is Cn1nnc2c(F)c(Br)ccc21. The molecule has 0 fully saturated rings. The van der Waals surface area contributed by atoms with Gasteiger partial charge in [-0.25, -0.2) is 9.07 Å². The van der Waals surface area contributed by atoms with Crippen LogP contribution in [0, 0.1) is 5.82 Å². The molecule has 2 aromatic rings. The number of fused-ring (bicyclic) bond motifs is 1. The molecule has 2 rings (SSSR count). The normalized spacial score (nSPS) is 10.9. The van der Waals surface area contributed by atoms with Crippen LogP contribution in [0.5, 0.6) is 0 Å². The minimum atomic E-state index is -0.361. The van der Waals surface area contributed by atoms with Crippen LogP contribution in [0.3, 0.4) is 0 Å². The van der Waals surface area contributed by atoms with Gasteiger partial charge < -0.3 is 0 Å². The van der Waals surface area contributed by atoms with Crippen LogP contribution < -0.4 is 0 Å². The summed E-state index contributed by atoms with van der Waals surface area (Å²) in [6.07, 6.45) is 0. The highest BCUT2D eigenvalue weighted by Gasteiger charge is 2.09. The summed E-state index contributed by atoms with van der Waals surface area (Å²) in [6.45, 7) is 0. The van der Waals surface area contributed by atoms with Crippen LogP contribution in [0.4, 0.5) is 4.39 Å². The zero-order chi connectivity index (χ0) is 8.72. The Morgan fingerprint density at radius 2 is 2.25 bits per heavy atom. The summed E-state index contributed by atoms with van der Waals surface area (Å²) in [4.78, 5) is 0. The van der Waals surface area contributed by atoms with Crippen LogP contribution in [0.15, 0.2) is 16.6 Å². The van der Waals surface area contributed by atoms with Crippen LogP contribution in [-0.2, 0) is 7.05 Å². The number of hydrogen-bond donors (Lipinski definition) is 0. The summed E-state index contributed by atoms with van der Waals surface area (Å²) >= 11 is 3.07. The Labute approximate surface area is 76.3 Å². The molecule has 0 bridgehead atoms. The van der Waals surface area contributed by atoms with Gasteiger partial charge in [0.1, 0.15) is 5.52 Å². The average molecular weight is 230 g/mol. The Balaban J connectivity index is 2.93. The quantitative estimate of drug-likeness (QED) is 0.691. The van der Waals surface area contributed by atoms with E-state index in [4.69, 9.17) is 0 Å². The summed E-state index contributed by atoms with van der Waals surface area (Å²) in [5.41, 5.74) is 0.988.